The van der Waals surface area contributed by atoms with Crippen molar-refractivity contribution in [3.8, 4) is 0 Å². The smallest absolute Gasteiger partial charge is 0.263 e. The molecule has 7 heteroatoms. The van der Waals surface area contributed by atoms with E-state index in [4.69, 9.17) is 9.15 Å². The predicted octanol–water partition coefficient (Wildman–Crippen LogP) is 2.47. The van der Waals surface area contributed by atoms with Gasteiger partial charge in [0.25, 0.3) is 5.91 Å². The molecule has 0 aromatic carbocycles. The summed E-state index contributed by atoms with van der Waals surface area (Å²) >= 11 is 1.49. The van der Waals surface area contributed by atoms with Crippen LogP contribution in [0.2, 0.25) is 0 Å². The normalized spacial score (nSPS) is 27.7. The third kappa shape index (κ3) is 2.79. The zero-order chi connectivity index (χ0) is 15.8. The fourth-order valence-corrected chi connectivity index (χ4v) is 4.31. The number of carbonyl (C=O) groups excluding carboxylic acids is 1. The second-order valence-electron chi connectivity index (χ2n) is 6.14. The molecule has 0 spiro atoms. The van der Waals surface area contributed by atoms with Crippen molar-refractivity contribution in [2.75, 3.05) is 19.7 Å². The van der Waals surface area contributed by atoms with Crippen LogP contribution >= 0.6 is 11.3 Å². The van der Waals surface area contributed by atoms with E-state index in [2.05, 4.69) is 10.2 Å². The fourth-order valence-electron chi connectivity index (χ4n) is 3.62. The van der Waals surface area contributed by atoms with Gasteiger partial charge >= 0.3 is 0 Å². The maximum absolute atomic E-state index is 12.6. The van der Waals surface area contributed by atoms with Crippen molar-refractivity contribution in [2.45, 2.75) is 31.8 Å². The summed E-state index contributed by atoms with van der Waals surface area (Å²) in [5.41, 5.74) is 0. The minimum atomic E-state index is 0.115. The Morgan fingerprint density at radius 1 is 1.39 bits per heavy atom. The van der Waals surface area contributed by atoms with Gasteiger partial charge < -0.3 is 14.1 Å². The average Bonchev–Trinajstić information content (AvgIpc) is 3.24. The summed E-state index contributed by atoms with van der Waals surface area (Å²) in [6.45, 7) is 3.95. The van der Waals surface area contributed by atoms with Crippen LogP contribution in [0.15, 0.2) is 21.9 Å². The Labute approximate surface area is 138 Å². The molecule has 23 heavy (non-hydrogen) atoms. The molecule has 2 aliphatic heterocycles. The van der Waals surface area contributed by atoms with Crippen LogP contribution in [0.3, 0.4) is 0 Å². The summed E-state index contributed by atoms with van der Waals surface area (Å²) in [7, 11) is 0. The molecule has 1 amide bonds. The van der Waals surface area contributed by atoms with Crippen molar-refractivity contribution in [2.24, 2.45) is 5.92 Å². The minimum absolute atomic E-state index is 0.115. The summed E-state index contributed by atoms with van der Waals surface area (Å²) in [6, 6.07) is 3.80. The lowest BCUT2D eigenvalue weighted by molar-refractivity contribution is -0.0750. The van der Waals surface area contributed by atoms with Gasteiger partial charge in [0, 0.05) is 38.5 Å². The average molecular weight is 333 g/mol. The topological polar surface area (TPSA) is 68.5 Å². The Morgan fingerprint density at radius 2 is 2.30 bits per heavy atom. The van der Waals surface area contributed by atoms with Gasteiger partial charge in [-0.1, -0.05) is 6.07 Å². The van der Waals surface area contributed by atoms with Gasteiger partial charge in [-0.15, -0.1) is 21.5 Å². The zero-order valence-electron chi connectivity index (χ0n) is 13.0. The Kier molecular flexibility index (Phi) is 3.90. The molecule has 4 heterocycles. The molecular formula is C16H19N3O3S. The number of amides is 1. The third-order valence-corrected chi connectivity index (χ3v) is 5.61. The van der Waals surface area contributed by atoms with Crippen LogP contribution in [0.25, 0.3) is 0 Å². The molecule has 0 saturated carbocycles. The number of aromatic nitrogens is 2. The van der Waals surface area contributed by atoms with E-state index in [1.807, 2.05) is 22.4 Å². The van der Waals surface area contributed by atoms with Crippen molar-refractivity contribution in [1.82, 2.24) is 15.1 Å². The van der Waals surface area contributed by atoms with Gasteiger partial charge in [-0.3, -0.25) is 4.79 Å². The van der Waals surface area contributed by atoms with Crippen LogP contribution in [0.1, 0.15) is 40.2 Å². The maximum Gasteiger partial charge on any atom is 0.263 e. The number of aryl methyl sites for hydroxylation is 1. The van der Waals surface area contributed by atoms with Gasteiger partial charge in [0.1, 0.15) is 0 Å². The van der Waals surface area contributed by atoms with Gasteiger partial charge in [0.05, 0.1) is 11.0 Å². The molecule has 0 N–H and O–H groups in total. The maximum atomic E-state index is 12.6. The van der Waals surface area contributed by atoms with E-state index in [-0.39, 0.29) is 23.8 Å². The molecule has 2 aromatic heterocycles. The number of ether oxygens (including phenoxy) is 1. The SMILES string of the molecule is Cc1nnc([C@@H]2CCO[C@@H]3CCN(C(=O)c4cccs4)C[C@@H]32)o1. The summed E-state index contributed by atoms with van der Waals surface area (Å²) < 4.78 is 11.6. The molecular weight excluding hydrogens is 314 g/mol. The first-order valence-electron chi connectivity index (χ1n) is 7.97. The highest BCUT2D eigenvalue weighted by atomic mass is 32.1. The fraction of sp³-hybridized carbons (Fsp3) is 0.562. The summed E-state index contributed by atoms with van der Waals surface area (Å²) in [6.07, 6.45) is 1.91. The van der Waals surface area contributed by atoms with E-state index in [0.717, 1.165) is 24.3 Å². The van der Waals surface area contributed by atoms with Crippen LogP contribution in [0.5, 0.6) is 0 Å². The molecule has 0 radical (unpaired) electrons. The first kappa shape index (κ1) is 14.8. The van der Waals surface area contributed by atoms with Crippen molar-refractivity contribution in [3.63, 3.8) is 0 Å². The number of hydrogen-bond acceptors (Lipinski definition) is 6. The first-order chi connectivity index (χ1) is 11.2. The number of fused-ring (bicyclic) bond motifs is 1. The Balaban J connectivity index is 1.55. The molecule has 3 atom stereocenters. The molecule has 2 saturated heterocycles. The quantitative estimate of drug-likeness (QED) is 0.844. The number of likely N-dealkylation sites (tertiary alicyclic amines) is 1. The van der Waals surface area contributed by atoms with Gasteiger partial charge in [0.2, 0.25) is 11.8 Å². The molecule has 122 valence electrons. The molecule has 4 rings (SSSR count). The van der Waals surface area contributed by atoms with Crippen molar-refractivity contribution in [1.29, 1.82) is 0 Å². The van der Waals surface area contributed by atoms with Gasteiger partial charge in [-0.05, 0) is 24.3 Å². The second kappa shape index (κ2) is 6.05. The Morgan fingerprint density at radius 3 is 3.04 bits per heavy atom. The lowest BCUT2D eigenvalue weighted by atomic mass is 9.79. The molecule has 6 nitrogen and oxygen atoms in total. The highest BCUT2D eigenvalue weighted by Crippen LogP contribution is 2.39. The number of nitrogens with zero attached hydrogens (tertiary/aromatic N) is 3. The monoisotopic (exact) mass is 333 g/mol. The summed E-state index contributed by atoms with van der Waals surface area (Å²) in [4.78, 5) is 15.4. The molecule has 0 unspecified atom stereocenters. The minimum Gasteiger partial charge on any atom is -0.425 e. The highest BCUT2D eigenvalue weighted by Gasteiger charge is 2.42. The van der Waals surface area contributed by atoms with Crippen LogP contribution < -0.4 is 0 Å². The van der Waals surface area contributed by atoms with E-state index in [1.54, 1.807) is 6.92 Å². The van der Waals surface area contributed by atoms with Crippen LogP contribution in [0, 0.1) is 12.8 Å². The number of hydrogen-bond donors (Lipinski definition) is 0. The predicted molar refractivity (Wildman–Crippen MR) is 84.5 cm³/mol. The lowest BCUT2D eigenvalue weighted by Crippen LogP contribution is -2.50. The Bertz CT molecular complexity index is 685. The van der Waals surface area contributed by atoms with Crippen molar-refractivity contribution < 1.29 is 13.9 Å². The third-order valence-electron chi connectivity index (χ3n) is 4.75. The zero-order valence-corrected chi connectivity index (χ0v) is 13.8. The number of rotatable bonds is 2. The molecule has 0 aliphatic carbocycles. The van der Waals surface area contributed by atoms with Crippen LogP contribution in [-0.2, 0) is 4.74 Å². The lowest BCUT2D eigenvalue weighted by Gasteiger charge is -2.43. The highest BCUT2D eigenvalue weighted by molar-refractivity contribution is 7.12. The molecule has 2 fully saturated rings. The summed E-state index contributed by atoms with van der Waals surface area (Å²) in [5, 5.41) is 10.1. The Hall–Kier alpha value is -1.73. The van der Waals surface area contributed by atoms with E-state index in [1.165, 1.54) is 11.3 Å². The number of carbonyl (C=O) groups is 1. The largest absolute Gasteiger partial charge is 0.425 e. The summed E-state index contributed by atoms with van der Waals surface area (Å²) in [5.74, 6) is 1.79. The molecule has 2 aromatic rings. The number of thiophene rings is 1. The van der Waals surface area contributed by atoms with E-state index in [0.29, 0.717) is 24.9 Å². The van der Waals surface area contributed by atoms with E-state index < -0.39 is 0 Å². The van der Waals surface area contributed by atoms with Gasteiger partial charge in [-0.25, -0.2) is 0 Å². The first-order valence-corrected chi connectivity index (χ1v) is 8.84. The van der Waals surface area contributed by atoms with Gasteiger partial charge in [-0.2, -0.15) is 0 Å². The number of piperidine rings is 1. The van der Waals surface area contributed by atoms with Gasteiger partial charge in [0.15, 0.2) is 0 Å². The van der Waals surface area contributed by atoms with Crippen molar-refractivity contribution >= 4 is 17.2 Å². The van der Waals surface area contributed by atoms with E-state index in [9.17, 15) is 4.79 Å². The standard InChI is InChI=1S/C16H19N3O3S/c1-10-17-18-15(22-10)11-5-7-21-13-4-6-19(9-12(11)13)16(20)14-3-2-8-23-14/h2-3,8,11-13H,4-7,9H2,1H3/t11-,12-,13-/m1/s1. The van der Waals surface area contributed by atoms with Crippen LogP contribution in [-0.4, -0.2) is 46.8 Å². The molecule has 2 aliphatic rings. The molecule has 0 bridgehead atoms. The second-order valence-corrected chi connectivity index (χ2v) is 7.09. The van der Waals surface area contributed by atoms with Crippen LogP contribution in [0.4, 0.5) is 0 Å². The van der Waals surface area contributed by atoms with Crippen molar-refractivity contribution in [3.05, 3.63) is 34.2 Å². The van der Waals surface area contributed by atoms with E-state index >= 15 is 0 Å².